The van der Waals surface area contributed by atoms with Gasteiger partial charge < -0.3 is 19.9 Å². The minimum atomic E-state index is -1.12. The number of anilines is 1. The van der Waals surface area contributed by atoms with Crippen molar-refractivity contribution in [3.05, 3.63) is 11.1 Å². The number of β-lactam (4-membered cyclic amide) rings is 1. The number of rotatable bonds is 4. The fourth-order valence-corrected chi connectivity index (χ4v) is 3.37. The molecule has 0 spiro atoms. The van der Waals surface area contributed by atoms with Crippen molar-refractivity contribution in [2.75, 3.05) is 4.90 Å². The van der Waals surface area contributed by atoms with Crippen molar-refractivity contribution in [3.8, 4) is 0 Å². The van der Waals surface area contributed by atoms with Gasteiger partial charge in [-0.25, -0.2) is 19.4 Å². The summed E-state index contributed by atoms with van der Waals surface area (Å²) in [6, 6.07) is -0.971. The molecule has 10 nitrogen and oxygen atoms in total. The van der Waals surface area contributed by atoms with Crippen molar-refractivity contribution in [1.29, 1.82) is 0 Å². The summed E-state index contributed by atoms with van der Waals surface area (Å²) in [5.41, 5.74) is -1.70. The second-order valence-corrected chi connectivity index (χ2v) is 9.63. The van der Waals surface area contributed by atoms with Crippen molar-refractivity contribution >= 4 is 40.5 Å². The van der Waals surface area contributed by atoms with Crippen LogP contribution in [0.4, 0.5) is 14.7 Å². The highest BCUT2D eigenvalue weighted by Gasteiger charge is 2.44. The van der Waals surface area contributed by atoms with Gasteiger partial charge in [0, 0.05) is 11.1 Å². The fraction of sp³-hybridized carbons (Fsp3) is 0.611. The molecule has 29 heavy (non-hydrogen) atoms. The van der Waals surface area contributed by atoms with E-state index in [1.165, 1.54) is 6.20 Å². The van der Waals surface area contributed by atoms with Crippen LogP contribution in [-0.2, 0) is 25.5 Å². The number of nitrogens with zero attached hydrogens (tertiary/aromatic N) is 2. The molecule has 0 saturated carbocycles. The SMILES string of the molecule is CC(C)(C)OC(=O)N(C(=O)OC(C)(C)C)c1ncc(C[C@H]2C(=O)N[C@@H]2C(=O)O)s1. The molecular weight excluding hydrogens is 402 g/mol. The number of imide groups is 1. The molecule has 0 radical (unpaired) electrons. The summed E-state index contributed by atoms with van der Waals surface area (Å²) in [6.07, 6.45) is -0.377. The van der Waals surface area contributed by atoms with E-state index in [-0.39, 0.29) is 17.5 Å². The maximum absolute atomic E-state index is 12.6. The Kier molecular flexibility index (Phi) is 6.21. The zero-order valence-corrected chi connectivity index (χ0v) is 18.0. The lowest BCUT2D eigenvalue weighted by atomic mass is 9.87. The van der Waals surface area contributed by atoms with Crippen molar-refractivity contribution in [1.82, 2.24) is 10.3 Å². The first-order valence-corrected chi connectivity index (χ1v) is 9.73. The molecule has 1 aliphatic rings. The molecule has 1 fully saturated rings. The molecule has 2 N–H and O–H groups in total. The average Bonchev–Trinajstić information content (AvgIpc) is 2.94. The van der Waals surface area contributed by atoms with E-state index in [0.29, 0.717) is 9.78 Å². The zero-order valence-electron chi connectivity index (χ0n) is 17.1. The van der Waals surface area contributed by atoms with Gasteiger partial charge in [0.05, 0.1) is 5.92 Å². The van der Waals surface area contributed by atoms with E-state index in [4.69, 9.17) is 14.6 Å². The van der Waals surface area contributed by atoms with Gasteiger partial charge in [0.15, 0.2) is 0 Å². The van der Waals surface area contributed by atoms with Crippen LogP contribution in [0, 0.1) is 5.92 Å². The normalized spacial score (nSPS) is 19.0. The first-order valence-electron chi connectivity index (χ1n) is 8.92. The largest absolute Gasteiger partial charge is 0.480 e. The molecule has 1 aromatic rings. The van der Waals surface area contributed by atoms with Gasteiger partial charge >= 0.3 is 18.2 Å². The Hall–Kier alpha value is -2.69. The number of carboxylic acids is 1. The van der Waals surface area contributed by atoms with Crippen LogP contribution in [0.25, 0.3) is 0 Å². The molecule has 1 aliphatic heterocycles. The third kappa shape index (κ3) is 5.89. The van der Waals surface area contributed by atoms with E-state index in [1.807, 2.05) is 0 Å². The second-order valence-electron chi connectivity index (χ2n) is 8.54. The van der Waals surface area contributed by atoms with E-state index in [1.54, 1.807) is 41.5 Å². The van der Waals surface area contributed by atoms with E-state index in [2.05, 4.69) is 10.3 Å². The number of aliphatic carboxylic acids is 1. The number of ether oxygens (including phenoxy) is 2. The van der Waals surface area contributed by atoms with Crippen molar-refractivity contribution < 1.29 is 33.8 Å². The molecule has 2 heterocycles. The summed E-state index contributed by atoms with van der Waals surface area (Å²) in [5.74, 6) is -2.23. The molecule has 2 atom stereocenters. The van der Waals surface area contributed by atoms with Crippen LogP contribution in [0.3, 0.4) is 0 Å². The number of hydrogen-bond acceptors (Lipinski definition) is 8. The Morgan fingerprint density at radius 3 is 2.07 bits per heavy atom. The Morgan fingerprint density at radius 2 is 1.66 bits per heavy atom. The van der Waals surface area contributed by atoms with E-state index >= 15 is 0 Å². The molecule has 11 heteroatoms. The smallest absolute Gasteiger partial charge is 0.426 e. The monoisotopic (exact) mass is 427 g/mol. The van der Waals surface area contributed by atoms with Crippen LogP contribution < -0.4 is 10.2 Å². The van der Waals surface area contributed by atoms with Gasteiger partial charge in [0.1, 0.15) is 17.2 Å². The van der Waals surface area contributed by atoms with Crippen LogP contribution >= 0.6 is 11.3 Å². The summed E-state index contributed by atoms with van der Waals surface area (Å²) < 4.78 is 10.6. The van der Waals surface area contributed by atoms with Gasteiger partial charge in [-0.2, -0.15) is 4.90 Å². The van der Waals surface area contributed by atoms with E-state index in [9.17, 15) is 19.2 Å². The number of thiazole rings is 1. The molecule has 1 aromatic heterocycles. The second kappa shape index (κ2) is 7.97. The van der Waals surface area contributed by atoms with Gasteiger partial charge in [0.25, 0.3) is 0 Å². The minimum absolute atomic E-state index is 0.00936. The van der Waals surface area contributed by atoms with E-state index < -0.39 is 41.3 Å². The maximum atomic E-state index is 12.6. The molecule has 2 rings (SSSR count). The summed E-state index contributed by atoms with van der Waals surface area (Å²) in [5, 5.41) is 11.4. The highest BCUT2D eigenvalue weighted by atomic mass is 32.1. The van der Waals surface area contributed by atoms with Crippen molar-refractivity contribution in [3.63, 3.8) is 0 Å². The molecule has 0 bridgehead atoms. The van der Waals surface area contributed by atoms with E-state index in [0.717, 1.165) is 11.3 Å². The zero-order chi connectivity index (χ0) is 22.1. The van der Waals surface area contributed by atoms with Gasteiger partial charge in [-0.15, -0.1) is 11.3 Å². The lowest BCUT2D eigenvalue weighted by molar-refractivity contribution is -0.153. The topological polar surface area (TPSA) is 135 Å². The molecular formula is C18H25N3O7S. The van der Waals surface area contributed by atoms with Crippen LogP contribution in [0.15, 0.2) is 6.20 Å². The van der Waals surface area contributed by atoms with Gasteiger partial charge in [-0.3, -0.25) is 4.79 Å². The number of aromatic nitrogens is 1. The quantitative estimate of drug-likeness (QED) is 0.700. The first kappa shape index (κ1) is 22.6. The van der Waals surface area contributed by atoms with Gasteiger partial charge in [0.2, 0.25) is 11.0 Å². The minimum Gasteiger partial charge on any atom is -0.480 e. The summed E-state index contributed by atoms with van der Waals surface area (Å²) in [7, 11) is 0. The Labute approximate surface area is 172 Å². The fourth-order valence-electron chi connectivity index (χ4n) is 2.42. The summed E-state index contributed by atoms with van der Waals surface area (Å²) in [6.45, 7) is 9.96. The van der Waals surface area contributed by atoms with Crippen molar-refractivity contribution in [2.24, 2.45) is 5.92 Å². The number of hydrogen-bond donors (Lipinski definition) is 2. The lowest BCUT2D eigenvalue weighted by Crippen LogP contribution is -2.62. The third-order valence-electron chi connectivity index (χ3n) is 3.61. The number of carboxylic acid groups (broad SMARTS) is 1. The highest BCUT2D eigenvalue weighted by molar-refractivity contribution is 7.16. The highest BCUT2D eigenvalue weighted by Crippen LogP contribution is 2.30. The lowest BCUT2D eigenvalue weighted by Gasteiger charge is -2.33. The molecule has 0 aromatic carbocycles. The standard InChI is InChI=1S/C18H25N3O7S/c1-17(2,3)27-15(25)21(16(26)28-18(4,5)6)14-19-8-9(29-14)7-10-11(13(23)24)20-12(10)22/h8,10-11H,7H2,1-6H3,(H,20,22)(H,23,24)/t10-,11+/m1/s1. The van der Waals surface area contributed by atoms with Gasteiger partial charge in [-0.1, -0.05) is 0 Å². The Morgan fingerprint density at radius 1 is 1.14 bits per heavy atom. The third-order valence-corrected chi connectivity index (χ3v) is 4.61. The molecule has 0 unspecified atom stereocenters. The molecule has 0 aliphatic carbocycles. The Balaban J connectivity index is 2.25. The van der Waals surface area contributed by atoms with Crippen LogP contribution in [0.2, 0.25) is 0 Å². The predicted molar refractivity (Wildman–Crippen MR) is 104 cm³/mol. The molecule has 3 amide bonds. The number of nitrogens with one attached hydrogen (secondary N) is 1. The predicted octanol–water partition coefficient (Wildman–Crippen LogP) is 2.56. The summed E-state index contributed by atoms with van der Waals surface area (Å²) >= 11 is 0.983. The van der Waals surface area contributed by atoms with Gasteiger partial charge in [-0.05, 0) is 48.0 Å². The first-order chi connectivity index (χ1) is 13.2. The van der Waals surface area contributed by atoms with Crippen molar-refractivity contribution in [2.45, 2.75) is 65.2 Å². The Bertz CT molecular complexity index is 794. The average molecular weight is 427 g/mol. The molecule has 160 valence electrons. The number of carbonyl (C=O) groups is 4. The number of amides is 3. The molecule has 1 saturated heterocycles. The number of carbonyl (C=O) groups excluding carboxylic acids is 3. The maximum Gasteiger partial charge on any atom is 0.426 e. The van der Waals surface area contributed by atoms with Crippen LogP contribution in [0.1, 0.15) is 46.4 Å². The summed E-state index contributed by atoms with van der Waals surface area (Å²) in [4.78, 5) is 53.3. The van der Waals surface area contributed by atoms with Crippen LogP contribution in [-0.4, -0.2) is 51.4 Å². The van der Waals surface area contributed by atoms with Crippen LogP contribution in [0.5, 0.6) is 0 Å².